The first-order chi connectivity index (χ1) is 14.3. The molecule has 1 aromatic heterocycles. The van der Waals surface area contributed by atoms with Gasteiger partial charge < -0.3 is 10.6 Å². The van der Waals surface area contributed by atoms with E-state index in [0.717, 1.165) is 22.5 Å². The van der Waals surface area contributed by atoms with Gasteiger partial charge in [-0.1, -0.05) is 47.5 Å². The Hall–Kier alpha value is -2.97. The number of nitrogens with one attached hydrogen (secondary N) is 3. The number of aromatic nitrogens is 2. The van der Waals surface area contributed by atoms with Gasteiger partial charge in [-0.3, -0.25) is 0 Å². The van der Waals surface area contributed by atoms with E-state index in [1.807, 2.05) is 75.4 Å². The van der Waals surface area contributed by atoms with Crippen molar-refractivity contribution in [1.82, 2.24) is 14.7 Å². The molecule has 0 radical (unpaired) electrons. The lowest BCUT2D eigenvalue weighted by molar-refractivity contribution is 0.582. The second-order valence-electron chi connectivity index (χ2n) is 7.28. The Labute approximate surface area is 178 Å². The fourth-order valence-corrected chi connectivity index (χ4v) is 4.08. The predicted molar refractivity (Wildman–Crippen MR) is 122 cm³/mol. The normalized spacial score (nSPS) is 11.3. The van der Waals surface area contributed by atoms with E-state index in [2.05, 4.69) is 25.3 Å². The summed E-state index contributed by atoms with van der Waals surface area (Å²) < 4.78 is 27.2. The third-order valence-corrected chi connectivity index (χ3v) is 5.70. The summed E-state index contributed by atoms with van der Waals surface area (Å²) in [6.07, 6.45) is 0. The zero-order valence-corrected chi connectivity index (χ0v) is 18.3. The summed E-state index contributed by atoms with van der Waals surface area (Å²) in [5.74, 6) is 1.08. The van der Waals surface area contributed by atoms with Gasteiger partial charge in [-0.15, -0.1) is 0 Å². The molecule has 0 aliphatic carbocycles. The van der Waals surface area contributed by atoms with Crippen LogP contribution in [0.4, 0.5) is 17.5 Å². The number of hydrogen-bond donors (Lipinski definition) is 3. The molecule has 3 rings (SSSR count). The lowest BCUT2D eigenvalue weighted by atomic mass is 10.2. The number of benzene rings is 2. The van der Waals surface area contributed by atoms with E-state index in [-0.39, 0.29) is 12.3 Å². The van der Waals surface area contributed by atoms with Gasteiger partial charge in [0.25, 0.3) is 0 Å². The van der Waals surface area contributed by atoms with Gasteiger partial charge >= 0.3 is 0 Å². The van der Waals surface area contributed by atoms with Crippen molar-refractivity contribution in [3.63, 3.8) is 0 Å². The van der Waals surface area contributed by atoms with Crippen molar-refractivity contribution in [2.24, 2.45) is 0 Å². The van der Waals surface area contributed by atoms with Crippen LogP contribution in [0.2, 0.25) is 0 Å². The minimum atomic E-state index is -3.41. The van der Waals surface area contributed by atoms with Crippen molar-refractivity contribution in [3.05, 3.63) is 77.0 Å². The van der Waals surface area contributed by atoms with Gasteiger partial charge in [-0.2, -0.15) is 4.98 Å². The molecular formula is C22H27N5O2S. The second kappa shape index (κ2) is 9.69. The molecule has 0 aliphatic rings. The molecule has 0 bridgehead atoms. The minimum Gasteiger partial charge on any atom is -0.353 e. The summed E-state index contributed by atoms with van der Waals surface area (Å²) in [7, 11) is -3.41. The van der Waals surface area contributed by atoms with E-state index in [4.69, 9.17) is 0 Å². The van der Waals surface area contributed by atoms with Crippen LogP contribution in [0.25, 0.3) is 0 Å². The van der Waals surface area contributed by atoms with E-state index in [1.165, 1.54) is 5.56 Å². The van der Waals surface area contributed by atoms with Crippen LogP contribution in [0.15, 0.2) is 54.6 Å². The quantitative estimate of drug-likeness (QED) is 0.453. The van der Waals surface area contributed by atoms with E-state index in [0.29, 0.717) is 18.3 Å². The average molecular weight is 426 g/mol. The number of hydrogen-bond acceptors (Lipinski definition) is 6. The van der Waals surface area contributed by atoms with Crippen molar-refractivity contribution in [2.75, 3.05) is 23.7 Å². The topological polar surface area (TPSA) is 96.0 Å². The summed E-state index contributed by atoms with van der Waals surface area (Å²) in [6.45, 7) is 6.48. The van der Waals surface area contributed by atoms with Gasteiger partial charge in [-0.05, 0) is 38.5 Å². The van der Waals surface area contributed by atoms with E-state index in [9.17, 15) is 8.42 Å². The number of nitrogens with zero attached hydrogens (tertiary/aromatic N) is 2. The van der Waals surface area contributed by atoms with Crippen LogP contribution in [0.3, 0.4) is 0 Å². The van der Waals surface area contributed by atoms with Gasteiger partial charge in [-0.25, -0.2) is 18.1 Å². The van der Waals surface area contributed by atoms with Crippen LogP contribution in [-0.4, -0.2) is 31.5 Å². The molecule has 0 saturated heterocycles. The van der Waals surface area contributed by atoms with E-state index in [1.54, 1.807) is 0 Å². The summed E-state index contributed by atoms with van der Waals surface area (Å²) in [5.41, 5.74) is 4.74. The highest BCUT2D eigenvalue weighted by Crippen LogP contribution is 2.17. The van der Waals surface area contributed by atoms with E-state index >= 15 is 0 Å². The average Bonchev–Trinajstić information content (AvgIpc) is 2.66. The third kappa shape index (κ3) is 6.82. The van der Waals surface area contributed by atoms with Crippen molar-refractivity contribution < 1.29 is 8.42 Å². The van der Waals surface area contributed by atoms with Crippen LogP contribution in [0.1, 0.15) is 22.4 Å². The summed E-state index contributed by atoms with van der Waals surface area (Å²) in [5, 5.41) is 6.33. The fraction of sp³-hybridized carbons (Fsp3) is 0.273. The number of sulfonamides is 1. The largest absolute Gasteiger partial charge is 0.353 e. The monoisotopic (exact) mass is 425 g/mol. The van der Waals surface area contributed by atoms with Gasteiger partial charge in [0.1, 0.15) is 5.82 Å². The molecule has 7 nitrogen and oxygen atoms in total. The Morgan fingerprint density at radius 3 is 2.37 bits per heavy atom. The SMILES string of the molecule is Cc1ccc(Nc2cc(C)nc(NCCNS(=O)(=O)Cc3cccc(C)c3)n2)cc1. The maximum Gasteiger partial charge on any atom is 0.224 e. The van der Waals surface area contributed by atoms with Gasteiger partial charge in [0, 0.05) is 30.5 Å². The zero-order chi connectivity index (χ0) is 21.6. The number of aryl methyl sites for hydroxylation is 3. The third-order valence-electron chi connectivity index (χ3n) is 4.35. The molecule has 0 spiro atoms. The van der Waals surface area contributed by atoms with Crippen molar-refractivity contribution >= 4 is 27.5 Å². The van der Waals surface area contributed by atoms with Gasteiger partial charge in [0.15, 0.2) is 0 Å². The first-order valence-corrected chi connectivity index (χ1v) is 11.4. The predicted octanol–water partition coefficient (Wildman–Crippen LogP) is 3.68. The van der Waals surface area contributed by atoms with Crippen LogP contribution in [0, 0.1) is 20.8 Å². The molecule has 0 saturated carbocycles. The summed E-state index contributed by atoms with van der Waals surface area (Å²) >= 11 is 0. The highest BCUT2D eigenvalue weighted by atomic mass is 32.2. The molecular weight excluding hydrogens is 398 g/mol. The van der Waals surface area contributed by atoms with Crippen LogP contribution < -0.4 is 15.4 Å². The first kappa shape index (κ1) is 21.7. The lowest BCUT2D eigenvalue weighted by Crippen LogP contribution is -2.30. The Bertz CT molecular complexity index is 1100. The molecule has 3 N–H and O–H groups in total. The molecule has 0 atom stereocenters. The van der Waals surface area contributed by atoms with Crippen LogP contribution >= 0.6 is 0 Å². The van der Waals surface area contributed by atoms with Gasteiger partial charge in [0.2, 0.25) is 16.0 Å². The highest BCUT2D eigenvalue weighted by Gasteiger charge is 2.11. The second-order valence-corrected chi connectivity index (χ2v) is 9.09. The van der Waals surface area contributed by atoms with Crippen molar-refractivity contribution in [2.45, 2.75) is 26.5 Å². The zero-order valence-electron chi connectivity index (χ0n) is 17.4. The maximum absolute atomic E-state index is 12.3. The molecule has 2 aromatic carbocycles. The Morgan fingerprint density at radius 1 is 0.867 bits per heavy atom. The molecule has 8 heteroatoms. The van der Waals surface area contributed by atoms with Crippen molar-refractivity contribution in [3.8, 4) is 0 Å². The molecule has 3 aromatic rings. The Morgan fingerprint density at radius 2 is 1.63 bits per heavy atom. The van der Waals surface area contributed by atoms with Crippen LogP contribution in [-0.2, 0) is 15.8 Å². The number of rotatable bonds is 9. The van der Waals surface area contributed by atoms with Crippen molar-refractivity contribution in [1.29, 1.82) is 0 Å². The molecule has 0 unspecified atom stereocenters. The molecule has 0 amide bonds. The standard InChI is InChI=1S/C22H27N5O2S/c1-16-7-9-20(10-8-16)26-21-14-18(3)25-22(27-21)23-11-12-24-30(28,29)15-19-6-4-5-17(2)13-19/h4-10,13-14,24H,11-12,15H2,1-3H3,(H2,23,25,26,27). The first-order valence-electron chi connectivity index (χ1n) is 9.75. The highest BCUT2D eigenvalue weighted by molar-refractivity contribution is 7.88. The number of anilines is 3. The van der Waals surface area contributed by atoms with E-state index < -0.39 is 10.0 Å². The molecule has 30 heavy (non-hydrogen) atoms. The maximum atomic E-state index is 12.3. The molecule has 0 aliphatic heterocycles. The Balaban J connectivity index is 1.53. The summed E-state index contributed by atoms with van der Waals surface area (Å²) in [6, 6.07) is 17.4. The van der Waals surface area contributed by atoms with Gasteiger partial charge in [0.05, 0.1) is 5.75 Å². The Kier molecular flexibility index (Phi) is 7.02. The fourth-order valence-electron chi connectivity index (χ4n) is 2.95. The summed E-state index contributed by atoms with van der Waals surface area (Å²) in [4.78, 5) is 8.81. The molecule has 158 valence electrons. The minimum absolute atomic E-state index is 0.0414. The molecule has 0 fully saturated rings. The van der Waals surface area contributed by atoms with Crippen LogP contribution in [0.5, 0.6) is 0 Å². The lowest BCUT2D eigenvalue weighted by Gasteiger charge is -2.11. The molecule has 1 heterocycles. The smallest absolute Gasteiger partial charge is 0.224 e.